The van der Waals surface area contributed by atoms with Crippen LogP contribution in [0.15, 0.2) is 18.2 Å². The molecular formula is C15H15F5N2O4. The maximum absolute atomic E-state index is 13.0. The van der Waals surface area contributed by atoms with Crippen molar-refractivity contribution < 1.29 is 41.4 Å². The summed E-state index contributed by atoms with van der Waals surface area (Å²) in [6.07, 6.45) is -4.79. The number of alkyl halides is 5. The number of aryl methyl sites for hydroxylation is 1. The first-order chi connectivity index (χ1) is 12.0. The number of carboxylic acid groups (broad SMARTS) is 1. The molecule has 1 heterocycles. The SMILES string of the molecule is Cc1cccc(OC(F)F)c1NC(=O)N1C[C@@H](C(F)(F)F)[C@H](C(=O)O)C1. The number of carbonyl (C=O) groups excluding carboxylic acids is 1. The Morgan fingerprint density at radius 2 is 1.96 bits per heavy atom. The summed E-state index contributed by atoms with van der Waals surface area (Å²) in [5.41, 5.74) is 0.220. The average molecular weight is 382 g/mol. The Hall–Kier alpha value is -2.59. The minimum absolute atomic E-state index is 0.125. The quantitative estimate of drug-likeness (QED) is 0.783. The number of urea groups is 1. The van der Waals surface area contributed by atoms with E-state index < -0.39 is 49.7 Å². The second kappa shape index (κ2) is 7.34. The lowest BCUT2D eigenvalue weighted by atomic mass is 9.96. The summed E-state index contributed by atoms with van der Waals surface area (Å²) in [5.74, 6) is -6.02. The van der Waals surface area contributed by atoms with Crippen LogP contribution in [0.1, 0.15) is 5.56 Å². The van der Waals surface area contributed by atoms with Gasteiger partial charge in [0, 0.05) is 13.1 Å². The van der Waals surface area contributed by atoms with E-state index in [-0.39, 0.29) is 11.4 Å². The van der Waals surface area contributed by atoms with Gasteiger partial charge in [-0.3, -0.25) is 4.79 Å². The molecular weight excluding hydrogens is 367 g/mol. The van der Waals surface area contributed by atoms with Gasteiger partial charge in [-0.25, -0.2) is 4.79 Å². The van der Waals surface area contributed by atoms with Gasteiger partial charge in [0.25, 0.3) is 0 Å². The number of anilines is 1. The van der Waals surface area contributed by atoms with Crippen LogP contribution < -0.4 is 10.1 Å². The fourth-order valence-corrected chi connectivity index (χ4v) is 2.73. The van der Waals surface area contributed by atoms with Crippen molar-refractivity contribution in [3.05, 3.63) is 23.8 Å². The van der Waals surface area contributed by atoms with Crippen LogP contribution in [-0.2, 0) is 4.79 Å². The molecule has 2 rings (SSSR count). The van der Waals surface area contributed by atoms with Gasteiger partial charge in [0.15, 0.2) is 0 Å². The van der Waals surface area contributed by atoms with Crippen molar-refractivity contribution in [3.8, 4) is 5.75 Å². The van der Waals surface area contributed by atoms with Crippen LogP contribution in [0.2, 0.25) is 0 Å². The zero-order valence-electron chi connectivity index (χ0n) is 13.4. The molecule has 0 aromatic heterocycles. The number of likely N-dealkylation sites (tertiary alicyclic amines) is 1. The minimum Gasteiger partial charge on any atom is -0.481 e. The van der Waals surface area contributed by atoms with Crippen molar-refractivity contribution >= 4 is 17.7 Å². The molecule has 144 valence electrons. The van der Waals surface area contributed by atoms with Crippen LogP contribution in [0.25, 0.3) is 0 Å². The van der Waals surface area contributed by atoms with E-state index in [0.29, 0.717) is 10.5 Å². The minimum atomic E-state index is -4.79. The Balaban J connectivity index is 2.20. The van der Waals surface area contributed by atoms with Crippen LogP contribution in [0, 0.1) is 18.8 Å². The molecule has 1 saturated heterocycles. The largest absolute Gasteiger partial charge is 0.481 e. The number of nitrogens with zero attached hydrogens (tertiary/aromatic N) is 1. The number of aliphatic carboxylic acids is 1. The standard InChI is InChI=1S/C15H15F5N2O4/c1-7-3-2-4-10(26-13(16)17)11(7)21-14(25)22-5-8(12(23)24)9(6-22)15(18,19)20/h2-4,8-9,13H,5-6H2,1H3,(H,21,25)(H,23,24)/t8-,9-/m1/s1. The number of hydrogen-bond donors (Lipinski definition) is 2. The van der Waals surface area contributed by atoms with Gasteiger partial charge in [0.05, 0.1) is 17.5 Å². The first-order valence-electron chi connectivity index (χ1n) is 7.40. The van der Waals surface area contributed by atoms with E-state index in [0.717, 1.165) is 6.07 Å². The Labute approximate surface area is 144 Å². The summed E-state index contributed by atoms with van der Waals surface area (Å²) >= 11 is 0. The Kier molecular flexibility index (Phi) is 5.57. The summed E-state index contributed by atoms with van der Waals surface area (Å²) in [6.45, 7) is -3.17. The van der Waals surface area contributed by atoms with E-state index in [4.69, 9.17) is 5.11 Å². The number of carboxylic acids is 1. The van der Waals surface area contributed by atoms with Gasteiger partial charge in [0.2, 0.25) is 0 Å². The van der Waals surface area contributed by atoms with Crippen LogP contribution in [0.4, 0.5) is 32.4 Å². The number of halogens is 5. The van der Waals surface area contributed by atoms with Gasteiger partial charge in [-0.15, -0.1) is 0 Å². The zero-order chi connectivity index (χ0) is 19.6. The lowest BCUT2D eigenvalue weighted by molar-refractivity contribution is -0.187. The molecule has 6 nitrogen and oxygen atoms in total. The van der Waals surface area contributed by atoms with Gasteiger partial charge >= 0.3 is 24.8 Å². The number of benzene rings is 1. The molecule has 1 aliphatic rings. The predicted molar refractivity (Wildman–Crippen MR) is 79.1 cm³/mol. The third-order valence-electron chi connectivity index (χ3n) is 4.03. The van der Waals surface area contributed by atoms with Crippen molar-refractivity contribution in [2.75, 3.05) is 18.4 Å². The van der Waals surface area contributed by atoms with Crippen LogP contribution >= 0.6 is 0 Å². The third-order valence-corrected chi connectivity index (χ3v) is 4.03. The van der Waals surface area contributed by atoms with Crippen LogP contribution in [0.5, 0.6) is 5.75 Å². The van der Waals surface area contributed by atoms with E-state index in [1.54, 1.807) is 0 Å². The molecule has 1 aromatic carbocycles. The van der Waals surface area contributed by atoms with Crippen molar-refractivity contribution in [2.24, 2.45) is 11.8 Å². The molecule has 0 aliphatic carbocycles. The van der Waals surface area contributed by atoms with Crippen LogP contribution in [0.3, 0.4) is 0 Å². The molecule has 0 spiro atoms. The Morgan fingerprint density at radius 1 is 1.31 bits per heavy atom. The number of carbonyl (C=O) groups is 2. The molecule has 1 aromatic rings. The second-order valence-electron chi connectivity index (χ2n) is 5.75. The maximum atomic E-state index is 13.0. The molecule has 1 aliphatic heterocycles. The second-order valence-corrected chi connectivity index (χ2v) is 5.75. The van der Waals surface area contributed by atoms with E-state index in [1.807, 2.05) is 0 Å². The number of nitrogens with one attached hydrogen (secondary N) is 1. The number of amides is 2. The molecule has 2 N–H and O–H groups in total. The monoisotopic (exact) mass is 382 g/mol. The fraction of sp³-hybridized carbons (Fsp3) is 0.467. The number of para-hydroxylation sites is 1. The van der Waals surface area contributed by atoms with Gasteiger partial charge in [0.1, 0.15) is 5.75 Å². The normalized spacial score (nSPS) is 20.3. The Morgan fingerprint density at radius 3 is 2.46 bits per heavy atom. The molecule has 1 fully saturated rings. The molecule has 0 saturated carbocycles. The zero-order valence-corrected chi connectivity index (χ0v) is 13.4. The molecule has 0 bridgehead atoms. The number of ether oxygens (including phenoxy) is 1. The van der Waals surface area contributed by atoms with Gasteiger partial charge < -0.3 is 20.1 Å². The summed E-state index contributed by atoms with van der Waals surface area (Å²) in [5, 5.41) is 11.2. The highest BCUT2D eigenvalue weighted by atomic mass is 19.4. The predicted octanol–water partition coefficient (Wildman–Crippen LogP) is 3.32. The Bertz CT molecular complexity index is 695. The van der Waals surface area contributed by atoms with Crippen molar-refractivity contribution in [1.82, 2.24) is 4.90 Å². The summed E-state index contributed by atoms with van der Waals surface area (Å²) in [7, 11) is 0. The van der Waals surface area contributed by atoms with Crippen molar-refractivity contribution in [1.29, 1.82) is 0 Å². The molecule has 26 heavy (non-hydrogen) atoms. The van der Waals surface area contributed by atoms with E-state index >= 15 is 0 Å². The summed E-state index contributed by atoms with van der Waals surface area (Å²) in [4.78, 5) is 24.0. The average Bonchev–Trinajstić information content (AvgIpc) is 2.96. The first-order valence-corrected chi connectivity index (χ1v) is 7.40. The lowest BCUT2D eigenvalue weighted by Gasteiger charge is -2.20. The van der Waals surface area contributed by atoms with Gasteiger partial charge in [-0.2, -0.15) is 22.0 Å². The van der Waals surface area contributed by atoms with Crippen LogP contribution in [-0.4, -0.2) is 47.9 Å². The van der Waals surface area contributed by atoms with E-state index in [1.165, 1.54) is 19.1 Å². The highest BCUT2D eigenvalue weighted by Gasteiger charge is 2.53. The highest BCUT2D eigenvalue weighted by molar-refractivity contribution is 5.92. The van der Waals surface area contributed by atoms with Crippen molar-refractivity contribution in [3.63, 3.8) is 0 Å². The molecule has 2 amide bonds. The molecule has 0 unspecified atom stereocenters. The lowest BCUT2D eigenvalue weighted by Crippen LogP contribution is -2.35. The highest BCUT2D eigenvalue weighted by Crippen LogP contribution is 2.38. The molecule has 0 radical (unpaired) electrons. The summed E-state index contributed by atoms with van der Waals surface area (Å²) < 4.78 is 68.1. The maximum Gasteiger partial charge on any atom is 0.394 e. The number of rotatable bonds is 4. The fourth-order valence-electron chi connectivity index (χ4n) is 2.73. The topological polar surface area (TPSA) is 78.9 Å². The van der Waals surface area contributed by atoms with E-state index in [2.05, 4.69) is 10.1 Å². The van der Waals surface area contributed by atoms with E-state index in [9.17, 15) is 31.5 Å². The third kappa shape index (κ3) is 4.33. The van der Waals surface area contributed by atoms with Gasteiger partial charge in [-0.05, 0) is 18.6 Å². The van der Waals surface area contributed by atoms with Gasteiger partial charge in [-0.1, -0.05) is 12.1 Å². The molecule has 2 atom stereocenters. The van der Waals surface area contributed by atoms with Crippen molar-refractivity contribution in [2.45, 2.75) is 19.7 Å². The first kappa shape index (κ1) is 19.7. The molecule has 11 heteroatoms. The number of hydrogen-bond acceptors (Lipinski definition) is 3. The smallest absolute Gasteiger partial charge is 0.394 e. The summed E-state index contributed by atoms with van der Waals surface area (Å²) in [6, 6.07) is 3.02.